The SMILES string of the molecule is O=CC1OC(O)c2c1cccc2[N+](=O)[O-]. The van der Waals surface area contributed by atoms with E-state index < -0.39 is 17.3 Å². The van der Waals surface area contributed by atoms with Gasteiger partial charge in [-0.1, -0.05) is 12.1 Å². The summed E-state index contributed by atoms with van der Waals surface area (Å²) in [6.07, 6.45) is -1.83. The number of benzene rings is 1. The largest absolute Gasteiger partial charge is 0.364 e. The molecule has 0 radical (unpaired) electrons. The molecule has 1 N–H and O–H groups in total. The zero-order valence-corrected chi connectivity index (χ0v) is 7.49. The lowest BCUT2D eigenvalue weighted by Crippen LogP contribution is -1.99. The van der Waals surface area contributed by atoms with Crippen molar-refractivity contribution in [3.8, 4) is 0 Å². The first-order valence-electron chi connectivity index (χ1n) is 4.21. The highest BCUT2D eigenvalue weighted by Crippen LogP contribution is 2.41. The van der Waals surface area contributed by atoms with Crippen molar-refractivity contribution >= 4 is 12.0 Å². The van der Waals surface area contributed by atoms with E-state index in [2.05, 4.69) is 0 Å². The first-order valence-corrected chi connectivity index (χ1v) is 4.21. The molecular formula is C9H7NO5. The second-order valence-electron chi connectivity index (χ2n) is 3.08. The summed E-state index contributed by atoms with van der Waals surface area (Å²) in [6, 6.07) is 4.24. The fourth-order valence-electron chi connectivity index (χ4n) is 1.63. The summed E-state index contributed by atoms with van der Waals surface area (Å²) in [5, 5.41) is 20.1. The van der Waals surface area contributed by atoms with E-state index in [1.165, 1.54) is 18.2 Å². The molecule has 0 bridgehead atoms. The molecule has 1 aliphatic heterocycles. The molecule has 1 heterocycles. The Morgan fingerprint density at radius 3 is 2.87 bits per heavy atom. The number of hydrogen-bond donors (Lipinski definition) is 1. The lowest BCUT2D eigenvalue weighted by molar-refractivity contribution is -0.386. The molecule has 0 aliphatic carbocycles. The third kappa shape index (κ3) is 1.39. The molecule has 0 amide bonds. The molecule has 1 aromatic carbocycles. The number of nitro groups is 1. The minimum Gasteiger partial charge on any atom is -0.364 e. The second kappa shape index (κ2) is 3.41. The van der Waals surface area contributed by atoms with Gasteiger partial charge in [-0.3, -0.25) is 10.1 Å². The second-order valence-corrected chi connectivity index (χ2v) is 3.08. The number of aldehydes is 1. The topological polar surface area (TPSA) is 89.7 Å². The number of carbonyl (C=O) groups is 1. The number of rotatable bonds is 2. The van der Waals surface area contributed by atoms with E-state index in [1.807, 2.05) is 0 Å². The standard InChI is InChI=1S/C9H7NO5/c11-4-7-5-2-1-3-6(10(13)14)8(5)9(12)15-7/h1-4,7,9,12H. The van der Waals surface area contributed by atoms with Gasteiger partial charge in [0, 0.05) is 11.6 Å². The van der Waals surface area contributed by atoms with Gasteiger partial charge in [0.2, 0.25) is 0 Å². The lowest BCUT2D eigenvalue weighted by Gasteiger charge is -2.02. The first-order chi connectivity index (χ1) is 7.15. The number of ether oxygens (including phenoxy) is 1. The van der Waals surface area contributed by atoms with Crippen LogP contribution in [0.15, 0.2) is 18.2 Å². The quantitative estimate of drug-likeness (QED) is 0.443. The number of nitro benzene ring substituents is 1. The Morgan fingerprint density at radius 2 is 2.27 bits per heavy atom. The number of aliphatic hydroxyl groups is 1. The van der Waals surface area contributed by atoms with Gasteiger partial charge in [-0.05, 0) is 0 Å². The fraction of sp³-hybridized carbons (Fsp3) is 0.222. The number of aliphatic hydroxyl groups excluding tert-OH is 1. The van der Waals surface area contributed by atoms with Crippen molar-refractivity contribution in [2.45, 2.75) is 12.4 Å². The molecule has 0 saturated heterocycles. The Labute approximate surface area is 84.2 Å². The molecule has 0 spiro atoms. The van der Waals surface area contributed by atoms with Crippen LogP contribution in [0.4, 0.5) is 5.69 Å². The van der Waals surface area contributed by atoms with E-state index in [9.17, 15) is 20.0 Å². The number of hydrogen-bond acceptors (Lipinski definition) is 5. The smallest absolute Gasteiger partial charge is 0.278 e. The zero-order chi connectivity index (χ0) is 11.0. The molecule has 2 unspecified atom stereocenters. The molecular weight excluding hydrogens is 202 g/mol. The molecule has 2 rings (SSSR count). The third-order valence-electron chi connectivity index (χ3n) is 2.27. The van der Waals surface area contributed by atoms with E-state index in [4.69, 9.17) is 4.74 Å². The van der Waals surface area contributed by atoms with Gasteiger partial charge in [0.05, 0.1) is 10.5 Å². The minimum atomic E-state index is -1.41. The summed E-state index contributed by atoms with van der Waals surface area (Å²) >= 11 is 0. The van der Waals surface area contributed by atoms with Gasteiger partial charge >= 0.3 is 0 Å². The summed E-state index contributed by atoms with van der Waals surface area (Å²) in [5.41, 5.74) is 0.190. The van der Waals surface area contributed by atoms with Crippen molar-refractivity contribution in [2.24, 2.45) is 0 Å². The molecule has 0 fully saturated rings. The van der Waals surface area contributed by atoms with E-state index in [1.54, 1.807) is 0 Å². The first kappa shape index (κ1) is 9.75. The van der Waals surface area contributed by atoms with Crippen LogP contribution in [-0.4, -0.2) is 16.3 Å². The van der Waals surface area contributed by atoms with Crippen LogP contribution in [0.25, 0.3) is 0 Å². The maximum absolute atomic E-state index is 10.7. The van der Waals surface area contributed by atoms with Crippen molar-refractivity contribution in [3.63, 3.8) is 0 Å². The van der Waals surface area contributed by atoms with Gasteiger partial charge < -0.3 is 14.6 Å². The number of nitrogens with zero attached hydrogens (tertiary/aromatic N) is 1. The van der Waals surface area contributed by atoms with Gasteiger partial charge in [0.1, 0.15) is 6.10 Å². The van der Waals surface area contributed by atoms with Crippen LogP contribution in [-0.2, 0) is 9.53 Å². The van der Waals surface area contributed by atoms with Gasteiger partial charge in [0.15, 0.2) is 12.6 Å². The normalized spacial score (nSPS) is 23.5. The van der Waals surface area contributed by atoms with Crippen molar-refractivity contribution in [1.82, 2.24) is 0 Å². The average molecular weight is 209 g/mol. The van der Waals surface area contributed by atoms with Crippen LogP contribution in [0.5, 0.6) is 0 Å². The molecule has 6 heteroatoms. The van der Waals surface area contributed by atoms with Gasteiger partial charge in [-0.15, -0.1) is 0 Å². The number of carbonyl (C=O) groups excluding carboxylic acids is 1. The third-order valence-corrected chi connectivity index (χ3v) is 2.27. The van der Waals surface area contributed by atoms with Crippen molar-refractivity contribution in [1.29, 1.82) is 0 Å². The Morgan fingerprint density at radius 1 is 1.53 bits per heavy atom. The number of fused-ring (bicyclic) bond motifs is 1. The van der Waals surface area contributed by atoms with E-state index in [-0.39, 0.29) is 11.3 Å². The lowest BCUT2D eigenvalue weighted by atomic mass is 10.0. The summed E-state index contributed by atoms with van der Waals surface area (Å²) < 4.78 is 4.85. The highest BCUT2D eigenvalue weighted by atomic mass is 16.6. The Kier molecular flexibility index (Phi) is 2.22. The molecule has 1 aromatic rings. The summed E-state index contributed by atoms with van der Waals surface area (Å²) in [4.78, 5) is 20.6. The van der Waals surface area contributed by atoms with Crippen LogP contribution >= 0.6 is 0 Å². The van der Waals surface area contributed by atoms with Crippen LogP contribution in [0.2, 0.25) is 0 Å². The highest BCUT2D eigenvalue weighted by Gasteiger charge is 2.36. The van der Waals surface area contributed by atoms with Crippen LogP contribution < -0.4 is 0 Å². The van der Waals surface area contributed by atoms with Gasteiger partial charge in [-0.2, -0.15) is 0 Å². The molecule has 78 valence electrons. The molecule has 15 heavy (non-hydrogen) atoms. The van der Waals surface area contributed by atoms with Crippen LogP contribution in [0.3, 0.4) is 0 Å². The Balaban J connectivity index is 2.61. The zero-order valence-electron chi connectivity index (χ0n) is 7.49. The average Bonchev–Trinajstić information content (AvgIpc) is 2.55. The maximum atomic E-state index is 10.7. The van der Waals surface area contributed by atoms with E-state index >= 15 is 0 Å². The summed E-state index contributed by atoms with van der Waals surface area (Å²) in [7, 11) is 0. The van der Waals surface area contributed by atoms with Gasteiger partial charge in [0.25, 0.3) is 5.69 Å². The van der Waals surface area contributed by atoms with Crippen molar-refractivity contribution in [3.05, 3.63) is 39.4 Å². The molecule has 0 aromatic heterocycles. The molecule has 6 nitrogen and oxygen atoms in total. The van der Waals surface area contributed by atoms with Crippen molar-refractivity contribution in [2.75, 3.05) is 0 Å². The molecule has 2 atom stereocenters. The summed E-state index contributed by atoms with van der Waals surface area (Å²) in [5.74, 6) is 0. The fourth-order valence-corrected chi connectivity index (χ4v) is 1.63. The minimum absolute atomic E-state index is 0.0691. The Hall–Kier alpha value is -1.79. The predicted octanol–water partition coefficient (Wildman–Crippen LogP) is 0.856. The van der Waals surface area contributed by atoms with Gasteiger partial charge in [-0.25, -0.2) is 0 Å². The highest BCUT2D eigenvalue weighted by molar-refractivity contribution is 5.65. The summed E-state index contributed by atoms with van der Waals surface area (Å²) in [6.45, 7) is 0. The van der Waals surface area contributed by atoms with E-state index in [0.717, 1.165) is 0 Å². The Bertz CT molecular complexity index is 431. The molecule has 0 saturated carbocycles. The maximum Gasteiger partial charge on any atom is 0.278 e. The van der Waals surface area contributed by atoms with Crippen molar-refractivity contribution < 1.29 is 19.6 Å². The van der Waals surface area contributed by atoms with E-state index in [0.29, 0.717) is 11.8 Å². The van der Waals surface area contributed by atoms with Crippen LogP contribution in [0.1, 0.15) is 23.5 Å². The monoisotopic (exact) mass is 209 g/mol. The molecule has 1 aliphatic rings. The predicted molar refractivity (Wildman–Crippen MR) is 47.9 cm³/mol. The van der Waals surface area contributed by atoms with Crippen LogP contribution in [0, 0.1) is 10.1 Å².